The van der Waals surface area contributed by atoms with Crippen molar-refractivity contribution in [3.63, 3.8) is 0 Å². The number of rotatable bonds is 5. The molecule has 1 aliphatic carbocycles. The molecule has 19 heavy (non-hydrogen) atoms. The van der Waals surface area contributed by atoms with Gasteiger partial charge in [0.2, 0.25) is 5.95 Å². The lowest BCUT2D eigenvalue weighted by molar-refractivity contribution is 0.269. The molecule has 0 aliphatic heterocycles. The zero-order valence-corrected chi connectivity index (χ0v) is 12.9. The summed E-state index contributed by atoms with van der Waals surface area (Å²) in [6, 6.07) is 0.441. The number of nitrogens with zero attached hydrogens (tertiary/aromatic N) is 2. The number of hydrogen-bond acceptors (Lipinski definition) is 2. The number of aryl methyl sites for hydroxylation is 2. The lowest BCUT2D eigenvalue weighted by Crippen LogP contribution is -2.17. The van der Waals surface area contributed by atoms with E-state index in [1.54, 1.807) is 0 Å². The van der Waals surface area contributed by atoms with Gasteiger partial charge in [0.05, 0.1) is 5.69 Å². The van der Waals surface area contributed by atoms with Crippen LogP contribution in [-0.2, 0) is 6.54 Å². The van der Waals surface area contributed by atoms with E-state index < -0.39 is 0 Å². The van der Waals surface area contributed by atoms with Gasteiger partial charge in [-0.15, -0.1) is 0 Å². The molecule has 3 heteroatoms. The smallest absolute Gasteiger partial charge is 0.203 e. The third kappa shape index (κ3) is 4.26. The maximum atomic E-state index is 4.58. The van der Waals surface area contributed by atoms with Crippen molar-refractivity contribution in [3.05, 3.63) is 11.9 Å². The lowest BCUT2D eigenvalue weighted by Gasteiger charge is -2.26. The fourth-order valence-corrected chi connectivity index (χ4v) is 3.03. The molecule has 1 saturated carbocycles. The quantitative estimate of drug-likeness (QED) is 0.861. The maximum Gasteiger partial charge on any atom is 0.203 e. The largest absolute Gasteiger partial charge is 0.353 e. The molecular formula is C16H29N3. The van der Waals surface area contributed by atoms with E-state index in [-0.39, 0.29) is 0 Å². The monoisotopic (exact) mass is 263 g/mol. The standard InChI is InChI=1S/C16H29N3/c1-12(2)17-16-18-14(4)11-19(16)10-9-15-7-5-13(3)6-8-15/h11-13,15H,5-10H2,1-4H3,(H,17,18). The van der Waals surface area contributed by atoms with Crippen LogP contribution in [0.3, 0.4) is 0 Å². The molecule has 0 amide bonds. The number of anilines is 1. The van der Waals surface area contributed by atoms with Gasteiger partial charge >= 0.3 is 0 Å². The fourth-order valence-electron chi connectivity index (χ4n) is 3.03. The highest BCUT2D eigenvalue weighted by Crippen LogP contribution is 2.30. The normalized spacial score (nSPS) is 23.8. The average molecular weight is 263 g/mol. The van der Waals surface area contributed by atoms with Crippen molar-refractivity contribution in [1.82, 2.24) is 9.55 Å². The van der Waals surface area contributed by atoms with Crippen LogP contribution < -0.4 is 5.32 Å². The molecule has 1 aromatic rings. The van der Waals surface area contributed by atoms with Crippen molar-refractivity contribution in [2.75, 3.05) is 5.32 Å². The Hall–Kier alpha value is -0.990. The summed E-state index contributed by atoms with van der Waals surface area (Å²) in [5.41, 5.74) is 1.11. The van der Waals surface area contributed by atoms with E-state index >= 15 is 0 Å². The summed E-state index contributed by atoms with van der Waals surface area (Å²) in [6.07, 6.45) is 9.16. The molecule has 0 spiro atoms. The third-order valence-corrected chi connectivity index (χ3v) is 4.23. The van der Waals surface area contributed by atoms with Gasteiger partial charge in [0.15, 0.2) is 0 Å². The zero-order valence-electron chi connectivity index (χ0n) is 12.9. The highest BCUT2D eigenvalue weighted by molar-refractivity contribution is 5.29. The van der Waals surface area contributed by atoms with E-state index in [0.717, 1.165) is 30.0 Å². The first kappa shape index (κ1) is 14.4. The number of hydrogen-bond donors (Lipinski definition) is 1. The number of aromatic nitrogens is 2. The first-order valence-corrected chi connectivity index (χ1v) is 7.85. The summed E-state index contributed by atoms with van der Waals surface area (Å²) < 4.78 is 2.30. The van der Waals surface area contributed by atoms with E-state index in [2.05, 4.69) is 48.8 Å². The van der Waals surface area contributed by atoms with E-state index in [9.17, 15) is 0 Å². The van der Waals surface area contributed by atoms with Crippen molar-refractivity contribution in [2.24, 2.45) is 11.8 Å². The summed E-state index contributed by atoms with van der Waals surface area (Å²) in [5, 5.41) is 3.44. The van der Waals surface area contributed by atoms with E-state index in [1.165, 1.54) is 32.1 Å². The van der Waals surface area contributed by atoms with Crippen LogP contribution in [0.1, 0.15) is 58.6 Å². The minimum Gasteiger partial charge on any atom is -0.353 e. The first-order chi connectivity index (χ1) is 9.04. The van der Waals surface area contributed by atoms with Crippen LogP contribution in [0.5, 0.6) is 0 Å². The SMILES string of the molecule is Cc1cn(CCC2CCC(C)CC2)c(NC(C)C)n1. The Kier molecular flexibility index (Phi) is 4.89. The maximum absolute atomic E-state index is 4.58. The van der Waals surface area contributed by atoms with Gasteiger partial charge in [-0.2, -0.15) is 0 Å². The Morgan fingerprint density at radius 1 is 1.32 bits per heavy atom. The van der Waals surface area contributed by atoms with Crippen LogP contribution in [0.2, 0.25) is 0 Å². The second-order valence-corrected chi connectivity index (χ2v) is 6.61. The summed E-state index contributed by atoms with van der Waals surface area (Å²) in [5.74, 6) is 2.91. The average Bonchev–Trinajstić information content (AvgIpc) is 2.68. The molecule has 0 bridgehead atoms. The Labute approximate surface area is 117 Å². The van der Waals surface area contributed by atoms with Gasteiger partial charge in [-0.25, -0.2) is 4.98 Å². The number of nitrogens with one attached hydrogen (secondary N) is 1. The van der Waals surface area contributed by atoms with Gasteiger partial charge in [-0.3, -0.25) is 0 Å². The van der Waals surface area contributed by atoms with E-state index in [4.69, 9.17) is 0 Å². The highest BCUT2D eigenvalue weighted by Gasteiger charge is 2.18. The lowest BCUT2D eigenvalue weighted by atomic mass is 9.81. The van der Waals surface area contributed by atoms with Gasteiger partial charge in [0.25, 0.3) is 0 Å². The van der Waals surface area contributed by atoms with Gasteiger partial charge in [0.1, 0.15) is 0 Å². The van der Waals surface area contributed by atoms with Crippen molar-refractivity contribution in [1.29, 1.82) is 0 Å². The van der Waals surface area contributed by atoms with Crippen LogP contribution in [0.15, 0.2) is 6.20 Å². The molecule has 1 aromatic heterocycles. The van der Waals surface area contributed by atoms with Gasteiger partial charge in [-0.05, 0) is 39.0 Å². The third-order valence-electron chi connectivity index (χ3n) is 4.23. The Morgan fingerprint density at radius 2 is 2.00 bits per heavy atom. The topological polar surface area (TPSA) is 29.9 Å². The zero-order chi connectivity index (χ0) is 13.8. The minimum absolute atomic E-state index is 0.441. The van der Waals surface area contributed by atoms with Crippen molar-refractivity contribution in [3.8, 4) is 0 Å². The van der Waals surface area contributed by atoms with Gasteiger partial charge in [0, 0.05) is 18.8 Å². The van der Waals surface area contributed by atoms with Crippen LogP contribution in [0, 0.1) is 18.8 Å². The van der Waals surface area contributed by atoms with Crippen molar-refractivity contribution >= 4 is 5.95 Å². The summed E-state index contributed by atoms with van der Waals surface area (Å²) in [7, 11) is 0. The molecule has 0 atom stereocenters. The van der Waals surface area contributed by atoms with Gasteiger partial charge < -0.3 is 9.88 Å². The predicted octanol–water partition coefficient (Wildman–Crippen LogP) is 4.23. The number of imidazole rings is 1. The Balaban J connectivity index is 1.88. The van der Waals surface area contributed by atoms with E-state index in [0.29, 0.717) is 6.04 Å². The fraction of sp³-hybridized carbons (Fsp3) is 0.812. The second-order valence-electron chi connectivity index (χ2n) is 6.61. The van der Waals surface area contributed by atoms with Crippen LogP contribution in [-0.4, -0.2) is 15.6 Å². The molecule has 0 unspecified atom stereocenters. The molecule has 0 radical (unpaired) electrons. The molecule has 108 valence electrons. The van der Waals surface area contributed by atoms with Crippen LogP contribution >= 0.6 is 0 Å². The van der Waals surface area contributed by atoms with Crippen LogP contribution in [0.4, 0.5) is 5.95 Å². The summed E-state index contributed by atoms with van der Waals surface area (Å²) in [6.45, 7) is 9.90. The molecule has 3 nitrogen and oxygen atoms in total. The predicted molar refractivity (Wildman–Crippen MR) is 81.5 cm³/mol. The summed E-state index contributed by atoms with van der Waals surface area (Å²) in [4.78, 5) is 4.58. The molecular weight excluding hydrogens is 234 g/mol. The molecule has 0 saturated heterocycles. The molecule has 1 fully saturated rings. The molecule has 1 aliphatic rings. The van der Waals surface area contributed by atoms with Gasteiger partial charge in [-0.1, -0.05) is 32.6 Å². The summed E-state index contributed by atoms with van der Waals surface area (Å²) >= 11 is 0. The Morgan fingerprint density at radius 3 is 2.63 bits per heavy atom. The van der Waals surface area contributed by atoms with Crippen molar-refractivity contribution in [2.45, 2.75) is 72.4 Å². The van der Waals surface area contributed by atoms with Crippen LogP contribution in [0.25, 0.3) is 0 Å². The molecule has 0 aromatic carbocycles. The molecule has 2 rings (SSSR count). The second kappa shape index (κ2) is 6.44. The first-order valence-electron chi connectivity index (χ1n) is 7.85. The minimum atomic E-state index is 0.441. The molecule has 1 N–H and O–H groups in total. The van der Waals surface area contributed by atoms with Crippen molar-refractivity contribution < 1.29 is 0 Å². The highest BCUT2D eigenvalue weighted by atomic mass is 15.2. The van der Waals surface area contributed by atoms with E-state index in [1.807, 2.05) is 0 Å². The Bertz CT molecular complexity index is 387. The molecule has 1 heterocycles.